The number of nitrogens with one attached hydrogen (secondary N) is 2. The Morgan fingerprint density at radius 2 is 1.62 bits per heavy atom. The van der Waals surface area contributed by atoms with E-state index in [0.29, 0.717) is 23.5 Å². The minimum absolute atomic E-state index is 0.0249. The van der Waals surface area contributed by atoms with Crippen LogP contribution in [0.25, 0.3) is 0 Å². The van der Waals surface area contributed by atoms with Crippen LogP contribution in [0, 0.1) is 0 Å². The minimum atomic E-state index is -4.08. The summed E-state index contributed by atoms with van der Waals surface area (Å²) in [6.45, 7) is 3.24. The third kappa shape index (κ3) is 9.60. The number of carbonyl (C=O) groups is 2. The van der Waals surface area contributed by atoms with Gasteiger partial charge in [0.2, 0.25) is 10.0 Å². The Hall–Kier alpha value is -4.42. The molecule has 3 rings (SSSR count). The van der Waals surface area contributed by atoms with Gasteiger partial charge in [0.15, 0.2) is 18.1 Å². The fourth-order valence-corrected chi connectivity index (χ4v) is 5.26. The number of hydrazone groups is 1. The molecule has 0 saturated heterocycles. The van der Waals surface area contributed by atoms with Gasteiger partial charge in [-0.25, -0.2) is 13.8 Å². The molecule has 0 fully saturated rings. The molecule has 224 valence electrons. The van der Waals surface area contributed by atoms with Crippen molar-refractivity contribution in [3.05, 3.63) is 83.9 Å². The summed E-state index contributed by atoms with van der Waals surface area (Å²) >= 11 is 0. The second-order valence-electron chi connectivity index (χ2n) is 9.46. The highest BCUT2D eigenvalue weighted by atomic mass is 32.2. The number of nitrogens with zero attached hydrogens (tertiary/aromatic N) is 2. The molecule has 0 aliphatic heterocycles. The third-order valence-corrected chi connectivity index (χ3v) is 7.75. The van der Waals surface area contributed by atoms with Gasteiger partial charge in [-0.1, -0.05) is 30.3 Å². The largest absolute Gasteiger partial charge is 0.493 e. The fourth-order valence-electron chi connectivity index (χ4n) is 3.85. The Bertz CT molecular complexity index is 1460. The van der Waals surface area contributed by atoms with Gasteiger partial charge in [-0.05, 0) is 67.8 Å². The zero-order valence-electron chi connectivity index (χ0n) is 24.1. The van der Waals surface area contributed by atoms with Crippen LogP contribution in [-0.2, 0) is 26.0 Å². The van der Waals surface area contributed by atoms with Crippen LogP contribution < -0.4 is 25.0 Å². The maximum absolute atomic E-state index is 13.6. The quantitative estimate of drug-likeness (QED) is 0.203. The van der Waals surface area contributed by atoms with E-state index >= 15 is 0 Å². The number of amides is 2. The maximum Gasteiger partial charge on any atom is 0.258 e. The minimum Gasteiger partial charge on any atom is -0.493 e. The van der Waals surface area contributed by atoms with E-state index in [1.165, 1.54) is 38.6 Å². The van der Waals surface area contributed by atoms with Crippen molar-refractivity contribution in [1.29, 1.82) is 0 Å². The molecule has 42 heavy (non-hydrogen) atoms. The summed E-state index contributed by atoms with van der Waals surface area (Å²) in [5.74, 6) is 0.315. The Morgan fingerprint density at radius 3 is 2.26 bits per heavy atom. The lowest BCUT2D eigenvalue weighted by Gasteiger charge is -2.22. The van der Waals surface area contributed by atoms with E-state index in [4.69, 9.17) is 14.2 Å². The smallest absolute Gasteiger partial charge is 0.258 e. The van der Waals surface area contributed by atoms with Gasteiger partial charge in [-0.2, -0.15) is 9.41 Å². The molecule has 0 aromatic heterocycles. The summed E-state index contributed by atoms with van der Waals surface area (Å²) in [5, 5.41) is 6.71. The van der Waals surface area contributed by atoms with Crippen LogP contribution in [0.1, 0.15) is 25.0 Å². The average Bonchev–Trinajstić information content (AvgIpc) is 2.98. The van der Waals surface area contributed by atoms with Crippen molar-refractivity contribution in [2.75, 3.05) is 33.9 Å². The van der Waals surface area contributed by atoms with Gasteiger partial charge in [0.1, 0.15) is 5.75 Å². The first kappa shape index (κ1) is 32.1. The standard InChI is InChI=1S/C30H36N4O7S/c1-22(2)32-30(36)21-41-25-12-10-24(11-13-25)19-31-33-29(35)20-34(17-16-23-8-6-5-7-9-23)42(37,38)26-14-15-27(39-3)28(18-26)40-4/h5-15,18-19,22H,16-17,20-21H2,1-4H3,(H,32,36)(H,33,35)/b31-19+. The van der Waals surface area contributed by atoms with E-state index in [0.717, 1.165) is 9.87 Å². The SMILES string of the molecule is COc1ccc(S(=O)(=O)N(CCc2ccccc2)CC(=O)N/N=C/c2ccc(OCC(=O)NC(C)C)cc2)cc1OC. The molecule has 2 amide bonds. The van der Waals surface area contributed by atoms with Crippen LogP contribution in [0.5, 0.6) is 17.2 Å². The first-order chi connectivity index (χ1) is 20.1. The van der Waals surface area contributed by atoms with E-state index in [2.05, 4.69) is 15.8 Å². The fraction of sp³-hybridized carbons (Fsp3) is 0.300. The van der Waals surface area contributed by atoms with Crippen molar-refractivity contribution < 1.29 is 32.2 Å². The van der Waals surface area contributed by atoms with Crippen LogP contribution in [0.15, 0.2) is 82.8 Å². The number of hydrogen-bond donors (Lipinski definition) is 2. The zero-order valence-corrected chi connectivity index (χ0v) is 24.9. The van der Waals surface area contributed by atoms with Gasteiger partial charge in [-0.3, -0.25) is 9.59 Å². The molecule has 0 heterocycles. The average molecular weight is 597 g/mol. The molecule has 11 nitrogen and oxygen atoms in total. The van der Waals surface area contributed by atoms with Crippen LogP contribution in [0.3, 0.4) is 0 Å². The molecule has 12 heteroatoms. The van der Waals surface area contributed by atoms with Crippen LogP contribution in [0.4, 0.5) is 0 Å². The summed E-state index contributed by atoms with van der Waals surface area (Å²) in [6.07, 6.45) is 1.82. The highest BCUT2D eigenvalue weighted by Gasteiger charge is 2.27. The van der Waals surface area contributed by atoms with Crippen LogP contribution in [0.2, 0.25) is 0 Å². The molecule has 2 N–H and O–H groups in total. The summed E-state index contributed by atoms with van der Waals surface area (Å²) in [4.78, 5) is 24.5. The highest BCUT2D eigenvalue weighted by Crippen LogP contribution is 2.30. The van der Waals surface area contributed by atoms with Crippen molar-refractivity contribution in [3.8, 4) is 17.2 Å². The third-order valence-electron chi connectivity index (χ3n) is 5.91. The number of sulfonamides is 1. The molecular formula is C30H36N4O7S. The topological polar surface area (TPSA) is 136 Å². The summed E-state index contributed by atoms with van der Waals surface area (Å²) in [7, 11) is -1.21. The zero-order chi connectivity index (χ0) is 30.5. The Balaban J connectivity index is 1.67. The van der Waals surface area contributed by atoms with E-state index in [-0.39, 0.29) is 35.7 Å². The lowest BCUT2D eigenvalue weighted by molar-refractivity contribution is -0.123. The molecule has 0 unspecified atom stereocenters. The van der Waals surface area contributed by atoms with Crippen molar-refractivity contribution in [2.45, 2.75) is 31.2 Å². The molecular weight excluding hydrogens is 560 g/mol. The molecule has 3 aromatic rings. The van der Waals surface area contributed by atoms with Crippen molar-refractivity contribution >= 4 is 28.1 Å². The van der Waals surface area contributed by atoms with Gasteiger partial charge in [-0.15, -0.1) is 0 Å². The first-order valence-corrected chi connectivity index (χ1v) is 14.7. The van der Waals surface area contributed by atoms with Gasteiger partial charge >= 0.3 is 0 Å². The molecule has 3 aromatic carbocycles. The summed E-state index contributed by atoms with van der Waals surface area (Å²) in [6, 6.07) is 20.5. The molecule has 0 atom stereocenters. The monoisotopic (exact) mass is 596 g/mol. The molecule has 0 saturated carbocycles. The highest BCUT2D eigenvalue weighted by molar-refractivity contribution is 7.89. The number of methoxy groups -OCH3 is 2. The number of carbonyl (C=O) groups excluding carboxylic acids is 2. The number of benzene rings is 3. The lowest BCUT2D eigenvalue weighted by atomic mass is 10.1. The Morgan fingerprint density at radius 1 is 0.929 bits per heavy atom. The van der Waals surface area contributed by atoms with Crippen molar-refractivity contribution in [3.63, 3.8) is 0 Å². The van der Waals surface area contributed by atoms with Crippen LogP contribution in [-0.4, -0.2) is 70.7 Å². The maximum atomic E-state index is 13.6. The van der Waals surface area contributed by atoms with Gasteiger partial charge in [0.25, 0.3) is 11.8 Å². The predicted molar refractivity (Wildman–Crippen MR) is 159 cm³/mol. The van der Waals surface area contributed by atoms with E-state index in [9.17, 15) is 18.0 Å². The Kier molecular flexibility index (Phi) is 11.9. The van der Waals surface area contributed by atoms with E-state index in [1.807, 2.05) is 44.2 Å². The first-order valence-electron chi connectivity index (χ1n) is 13.2. The second-order valence-corrected chi connectivity index (χ2v) is 11.4. The lowest BCUT2D eigenvalue weighted by Crippen LogP contribution is -2.40. The molecule has 0 aliphatic rings. The van der Waals surface area contributed by atoms with Crippen molar-refractivity contribution in [2.24, 2.45) is 5.10 Å². The summed E-state index contributed by atoms with van der Waals surface area (Å²) in [5.41, 5.74) is 3.98. The number of rotatable bonds is 15. The number of hydrogen-bond acceptors (Lipinski definition) is 8. The molecule has 0 radical (unpaired) electrons. The van der Waals surface area contributed by atoms with Gasteiger partial charge in [0.05, 0.1) is 31.9 Å². The van der Waals surface area contributed by atoms with E-state index in [1.54, 1.807) is 24.3 Å². The van der Waals surface area contributed by atoms with E-state index < -0.39 is 22.5 Å². The molecule has 0 aliphatic carbocycles. The number of ether oxygens (including phenoxy) is 3. The molecule has 0 bridgehead atoms. The second kappa shape index (κ2) is 15.5. The van der Waals surface area contributed by atoms with Crippen molar-refractivity contribution in [1.82, 2.24) is 15.0 Å². The van der Waals surface area contributed by atoms with Gasteiger partial charge < -0.3 is 19.5 Å². The van der Waals surface area contributed by atoms with Gasteiger partial charge in [0, 0.05) is 18.7 Å². The normalized spacial score (nSPS) is 11.5. The summed E-state index contributed by atoms with van der Waals surface area (Å²) < 4.78 is 44.3. The molecule has 0 spiro atoms. The predicted octanol–water partition coefficient (Wildman–Crippen LogP) is 2.99. The van der Waals surface area contributed by atoms with Crippen LogP contribution >= 0.6 is 0 Å². The Labute approximate surface area is 246 Å².